The Balaban J connectivity index is 1.72. The van der Waals surface area contributed by atoms with Crippen molar-refractivity contribution >= 4 is 23.3 Å². The van der Waals surface area contributed by atoms with Gasteiger partial charge in [-0.2, -0.15) is 0 Å². The lowest BCUT2D eigenvalue weighted by atomic mass is 10.2. The first-order chi connectivity index (χ1) is 12.4. The zero-order valence-corrected chi connectivity index (χ0v) is 14.2. The standard InChI is InChI=1S/C17H12ClN3O5/c1-10(25-17(22)12-3-2-4-13(18)9-12)15-19-20-16(26-15)11-5-7-14(8-6-11)21(23)24/h2-10H,1H3/t10-/m0/s1. The van der Waals surface area contributed by atoms with Gasteiger partial charge in [0.25, 0.3) is 11.6 Å². The summed E-state index contributed by atoms with van der Waals surface area (Å²) in [6.07, 6.45) is -0.777. The molecule has 8 nitrogen and oxygen atoms in total. The van der Waals surface area contributed by atoms with Crippen LogP contribution < -0.4 is 0 Å². The number of nitro benzene ring substituents is 1. The number of benzene rings is 2. The van der Waals surface area contributed by atoms with Crippen LogP contribution in [-0.4, -0.2) is 21.1 Å². The number of hydrogen-bond acceptors (Lipinski definition) is 7. The smallest absolute Gasteiger partial charge is 0.338 e. The predicted molar refractivity (Wildman–Crippen MR) is 91.7 cm³/mol. The van der Waals surface area contributed by atoms with Gasteiger partial charge >= 0.3 is 5.97 Å². The number of rotatable bonds is 5. The summed E-state index contributed by atoms with van der Waals surface area (Å²) in [5.41, 5.74) is 0.777. The average molecular weight is 374 g/mol. The second-order valence-corrected chi connectivity index (χ2v) is 5.74. The second-order valence-electron chi connectivity index (χ2n) is 5.31. The van der Waals surface area contributed by atoms with E-state index in [1.165, 1.54) is 30.3 Å². The van der Waals surface area contributed by atoms with Crippen LogP contribution in [0.3, 0.4) is 0 Å². The lowest BCUT2D eigenvalue weighted by Crippen LogP contribution is -2.09. The molecule has 0 bridgehead atoms. The van der Waals surface area contributed by atoms with Crippen LogP contribution in [0.15, 0.2) is 52.9 Å². The first-order valence-electron chi connectivity index (χ1n) is 7.49. The van der Waals surface area contributed by atoms with Crippen LogP contribution in [0.1, 0.15) is 29.3 Å². The molecule has 26 heavy (non-hydrogen) atoms. The fourth-order valence-electron chi connectivity index (χ4n) is 2.14. The van der Waals surface area contributed by atoms with Gasteiger partial charge in [-0.05, 0) is 37.3 Å². The van der Waals surface area contributed by atoms with E-state index in [2.05, 4.69) is 10.2 Å². The van der Waals surface area contributed by atoms with Crippen molar-refractivity contribution in [1.82, 2.24) is 10.2 Å². The molecule has 9 heteroatoms. The summed E-state index contributed by atoms with van der Waals surface area (Å²) in [7, 11) is 0. The first kappa shape index (κ1) is 17.6. The minimum Gasteiger partial charge on any atom is -0.449 e. The average Bonchev–Trinajstić information content (AvgIpc) is 3.12. The van der Waals surface area contributed by atoms with Crippen molar-refractivity contribution in [1.29, 1.82) is 0 Å². The van der Waals surface area contributed by atoms with Gasteiger partial charge in [0.15, 0.2) is 6.10 Å². The SMILES string of the molecule is C[C@H](OC(=O)c1cccc(Cl)c1)c1nnc(-c2ccc([N+](=O)[O-])cc2)o1. The lowest BCUT2D eigenvalue weighted by molar-refractivity contribution is -0.384. The van der Waals surface area contributed by atoms with E-state index < -0.39 is 17.0 Å². The van der Waals surface area contributed by atoms with Crippen molar-refractivity contribution in [2.24, 2.45) is 0 Å². The van der Waals surface area contributed by atoms with E-state index in [1.54, 1.807) is 25.1 Å². The van der Waals surface area contributed by atoms with Gasteiger partial charge in [0, 0.05) is 22.7 Å². The Morgan fingerprint density at radius 1 is 1.23 bits per heavy atom. The lowest BCUT2D eigenvalue weighted by Gasteiger charge is -2.09. The molecule has 1 aromatic heterocycles. The summed E-state index contributed by atoms with van der Waals surface area (Å²) >= 11 is 5.85. The molecule has 3 rings (SSSR count). The monoisotopic (exact) mass is 373 g/mol. The molecular formula is C17H12ClN3O5. The van der Waals surface area contributed by atoms with E-state index in [4.69, 9.17) is 20.8 Å². The van der Waals surface area contributed by atoms with Crippen LogP contribution in [-0.2, 0) is 4.74 Å². The highest BCUT2D eigenvalue weighted by Crippen LogP contribution is 2.25. The molecule has 0 saturated carbocycles. The summed E-state index contributed by atoms with van der Waals surface area (Å²) in [4.78, 5) is 22.3. The predicted octanol–water partition coefficient (Wildman–Crippen LogP) is 4.22. The second kappa shape index (κ2) is 7.32. The Morgan fingerprint density at radius 3 is 2.62 bits per heavy atom. The number of halogens is 1. The highest BCUT2D eigenvalue weighted by atomic mass is 35.5. The van der Waals surface area contributed by atoms with Gasteiger partial charge < -0.3 is 9.15 Å². The number of esters is 1. The van der Waals surface area contributed by atoms with Crippen LogP contribution in [0, 0.1) is 10.1 Å². The molecule has 3 aromatic rings. The van der Waals surface area contributed by atoms with Crippen LogP contribution >= 0.6 is 11.6 Å². The van der Waals surface area contributed by atoms with Gasteiger partial charge in [-0.15, -0.1) is 10.2 Å². The molecule has 0 aliphatic rings. The minimum atomic E-state index is -0.777. The van der Waals surface area contributed by atoms with Crippen LogP contribution in [0.25, 0.3) is 11.5 Å². The van der Waals surface area contributed by atoms with E-state index in [0.717, 1.165) is 0 Å². The zero-order chi connectivity index (χ0) is 18.7. The van der Waals surface area contributed by atoms with E-state index in [0.29, 0.717) is 16.1 Å². The van der Waals surface area contributed by atoms with Crippen molar-refractivity contribution in [3.63, 3.8) is 0 Å². The number of aromatic nitrogens is 2. The maximum Gasteiger partial charge on any atom is 0.338 e. The number of carbonyl (C=O) groups is 1. The first-order valence-corrected chi connectivity index (χ1v) is 7.86. The van der Waals surface area contributed by atoms with Gasteiger partial charge in [0.05, 0.1) is 10.5 Å². The van der Waals surface area contributed by atoms with Crippen molar-refractivity contribution < 1.29 is 18.9 Å². The number of hydrogen-bond donors (Lipinski definition) is 0. The molecule has 1 atom stereocenters. The molecule has 0 aliphatic heterocycles. The third-order valence-corrected chi connectivity index (χ3v) is 3.69. The van der Waals surface area contributed by atoms with Crippen molar-refractivity contribution in [3.8, 4) is 11.5 Å². The third-order valence-electron chi connectivity index (χ3n) is 3.46. The van der Waals surface area contributed by atoms with Gasteiger partial charge in [0.1, 0.15) is 0 Å². The molecule has 0 fully saturated rings. The normalized spacial score (nSPS) is 11.8. The molecule has 2 aromatic carbocycles. The van der Waals surface area contributed by atoms with Crippen LogP contribution in [0.4, 0.5) is 5.69 Å². The fourth-order valence-corrected chi connectivity index (χ4v) is 2.33. The summed E-state index contributed by atoms with van der Waals surface area (Å²) in [6.45, 7) is 1.59. The number of nitro groups is 1. The van der Waals surface area contributed by atoms with Gasteiger partial charge in [-0.3, -0.25) is 10.1 Å². The molecule has 0 unspecified atom stereocenters. The van der Waals surface area contributed by atoms with Crippen LogP contribution in [0.2, 0.25) is 5.02 Å². The third kappa shape index (κ3) is 3.86. The number of ether oxygens (including phenoxy) is 1. The highest BCUT2D eigenvalue weighted by molar-refractivity contribution is 6.30. The van der Waals surface area contributed by atoms with E-state index >= 15 is 0 Å². The minimum absolute atomic E-state index is 0.0442. The molecule has 0 spiro atoms. The molecular weight excluding hydrogens is 362 g/mol. The van der Waals surface area contributed by atoms with E-state index in [9.17, 15) is 14.9 Å². The Hall–Kier alpha value is -3.26. The zero-order valence-electron chi connectivity index (χ0n) is 13.5. The summed E-state index contributed by atoms with van der Waals surface area (Å²) in [6, 6.07) is 12.0. The topological polar surface area (TPSA) is 108 Å². The Kier molecular flexibility index (Phi) is 4.94. The Morgan fingerprint density at radius 2 is 1.96 bits per heavy atom. The maximum atomic E-state index is 12.1. The Bertz CT molecular complexity index is 955. The fraction of sp³-hybridized carbons (Fsp3) is 0.118. The quantitative estimate of drug-likeness (QED) is 0.374. The summed E-state index contributed by atoms with van der Waals surface area (Å²) < 4.78 is 10.8. The molecule has 0 saturated heterocycles. The maximum absolute atomic E-state index is 12.1. The van der Waals surface area contributed by atoms with E-state index in [-0.39, 0.29) is 17.5 Å². The highest BCUT2D eigenvalue weighted by Gasteiger charge is 2.20. The largest absolute Gasteiger partial charge is 0.449 e. The Labute approximate surface area is 152 Å². The number of carbonyl (C=O) groups excluding carboxylic acids is 1. The van der Waals surface area contributed by atoms with Gasteiger partial charge in [-0.25, -0.2) is 4.79 Å². The molecule has 0 aliphatic carbocycles. The van der Waals surface area contributed by atoms with Gasteiger partial charge in [-0.1, -0.05) is 17.7 Å². The number of nitrogens with zero attached hydrogens (tertiary/aromatic N) is 3. The molecule has 1 heterocycles. The molecule has 0 radical (unpaired) electrons. The van der Waals surface area contributed by atoms with Crippen LogP contribution in [0.5, 0.6) is 0 Å². The van der Waals surface area contributed by atoms with Crippen molar-refractivity contribution in [3.05, 3.63) is 75.1 Å². The number of non-ortho nitro benzene ring substituents is 1. The van der Waals surface area contributed by atoms with Crippen molar-refractivity contribution in [2.75, 3.05) is 0 Å². The van der Waals surface area contributed by atoms with Gasteiger partial charge in [0.2, 0.25) is 5.89 Å². The molecule has 132 valence electrons. The summed E-state index contributed by atoms with van der Waals surface area (Å²) in [5.74, 6) is -0.302. The molecule has 0 N–H and O–H groups in total. The van der Waals surface area contributed by atoms with E-state index in [1.807, 2.05) is 0 Å². The van der Waals surface area contributed by atoms with Crippen molar-refractivity contribution in [2.45, 2.75) is 13.0 Å². The summed E-state index contributed by atoms with van der Waals surface area (Å²) in [5, 5.41) is 18.8. The molecule has 0 amide bonds.